The van der Waals surface area contributed by atoms with Gasteiger partial charge >= 0.3 is 0 Å². The molecule has 1 aromatic carbocycles. The molecule has 1 aromatic heterocycles. The summed E-state index contributed by atoms with van der Waals surface area (Å²) < 4.78 is 0.907. The molecule has 0 aliphatic carbocycles. The molecule has 2 aromatic rings. The van der Waals surface area contributed by atoms with Crippen LogP contribution in [0.2, 0.25) is 5.02 Å². The van der Waals surface area contributed by atoms with Crippen LogP contribution < -0.4 is 11.1 Å². The van der Waals surface area contributed by atoms with Crippen molar-refractivity contribution in [2.75, 3.05) is 12.3 Å². The molecular formula is C16H19BrClN3. The smallest absolute Gasteiger partial charge is 0.0548 e. The first kappa shape index (κ1) is 16.3. The van der Waals surface area contributed by atoms with Crippen molar-refractivity contribution in [3.05, 3.63) is 57.3 Å². The van der Waals surface area contributed by atoms with E-state index in [0.29, 0.717) is 5.02 Å². The van der Waals surface area contributed by atoms with E-state index >= 15 is 0 Å². The molecule has 0 saturated carbocycles. The van der Waals surface area contributed by atoms with Gasteiger partial charge in [0.05, 0.1) is 5.02 Å². The van der Waals surface area contributed by atoms with E-state index in [9.17, 15) is 0 Å². The normalized spacial score (nSPS) is 12.3. The van der Waals surface area contributed by atoms with Crippen molar-refractivity contribution in [1.29, 1.82) is 0 Å². The van der Waals surface area contributed by atoms with E-state index < -0.39 is 0 Å². The van der Waals surface area contributed by atoms with Crippen LogP contribution in [0, 0.1) is 0 Å². The van der Waals surface area contributed by atoms with Crippen molar-refractivity contribution in [2.45, 2.75) is 25.8 Å². The van der Waals surface area contributed by atoms with Crippen LogP contribution in [0.3, 0.4) is 0 Å². The van der Waals surface area contributed by atoms with Crippen LogP contribution >= 0.6 is 27.5 Å². The van der Waals surface area contributed by atoms with Gasteiger partial charge in [0.1, 0.15) is 0 Å². The Morgan fingerprint density at radius 2 is 2.19 bits per heavy atom. The number of nitrogens with zero attached hydrogens (tertiary/aromatic N) is 1. The van der Waals surface area contributed by atoms with Crippen LogP contribution in [0.25, 0.3) is 0 Å². The Morgan fingerprint density at radius 3 is 2.86 bits per heavy atom. The quantitative estimate of drug-likeness (QED) is 0.796. The summed E-state index contributed by atoms with van der Waals surface area (Å²) in [6, 6.07) is 8.04. The largest absolute Gasteiger partial charge is 0.398 e. The molecule has 0 bridgehead atoms. The van der Waals surface area contributed by atoms with E-state index in [1.807, 2.05) is 24.4 Å². The van der Waals surface area contributed by atoms with Crippen LogP contribution in [-0.4, -0.2) is 11.5 Å². The molecule has 21 heavy (non-hydrogen) atoms. The number of nitrogen functional groups attached to an aromatic ring is 1. The number of aromatic nitrogens is 1. The second-order valence-electron chi connectivity index (χ2n) is 4.96. The van der Waals surface area contributed by atoms with Gasteiger partial charge in [0.2, 0.25) is 0 Å². The lowest BCUT2D eigenvalue weighted by molar-refractivity contribution is 0.529. The fraction of sp³-hybridized carbons (Fsp3) is 0.312. The number of pyridine rings is 1. The summed E-state index contributed by atoms with van der Waals surface area (Å²) in [4.78, 5) is 4.17. The molecule has 1 heterocycles. The van der Waals surface area contributed by atoms with E-state index in [-0.39, 0.29) is 6.04 Å². The van der Waals surface area contributed by atoms with Gasteiger partial charge < -0.3 is 11.1 Å². The van der Waals surface area contributed by atoms with Gasteiger partial charge in [-0.15, -0.1) is 0 Å². The summed E-state index contributed by atoms with van der Waals surface area (Å²) in [5, 5.41) is 4.28. The first-order chi connectivity index (χ1) is 10.1. The van der Waals surface area contributed by atoms with Gasteiger partial charge in [-0.1, -0.05) is 24.6 Å². The number of hydrogen-bond acceptors (Lipinski definition) is 3. The number of benzene rings is 1. The zero-order chi connectivity index (χ0) is 15.2. The van der Waals surface area contributed by atoms with Crippen molar-refractivity contribution in [3.8, 4) is 0 Å². The molecule has 0 aliphatic heterocycles. The SMILES string of the molecule is CCCNC(Cc1cnccc1N)c1ccc(Cl)c(Br)c1. The second-order valence-corrected chi connectivity index (χ2v) is 6.22. The van der Waals surface area contributed by atoms with Crippen LogP contribution in [0.15, 0.2) is 41.1 Å². The van der Waals surface area contributed by atoms with Gasteiger partial charge in [-0.05, 0) is 64.6 Å². The number of nitrogens with two attached hydrogens (primary N) is 1. The van der Waals surface area contributed by atoms with Crippen LogP contribution in [-0.2, 0) is 6.42 Å². The highest BCUT2D eigenvalue weighted by molar-refractivity contribution is 9.10. The maximum absolute atomic E-state index is 6.08. The van der Waals surface area contributed by atoms with Crippen LogP contribution in [0.5, 0.6) is 0 Å². The molecule has 0 spiro atoms. The molecule has 3 nitrogen and oxygen atoms in total. The molecule has 0 fully saturated rings. The molecular weight excluding hydrogens is 350 g/mol. The van der Waals surface area contributed by atoms with Crippen LogP contribution in [0.1, 0.15) is 30.5 Å². The zero-order valence-corrected chi connectivity index (χ0v) is 14.3. The lowest BCUT2D eigenvalue weighted by Gasteiger charge is -2.20. The van der Waals surface area contributed by atoms with Gasteiger partial charge in [0.25, 0.3) is 0 Å². The average molecular weight is 369 g/mol. The van der Waals surface area contributed by atoms with Crippen LogP contribution in [0.4, 0.5) is 5.69 Å². The molecule has 0 amide bonds. The fourth-order valence-corrected chi connectivity index (χ4v) is 2.70. The summed E-state index contributed by atoms with van der Waals surface area (Å²) in [6.45, 7) is 3.10. The average Bonchev–Trinajstić information content (AvgIpc) is 2.48. The maximum Gasteiger partial charge on any atom is 0.0548 e. The zero-order valence-electron chi connectivity index (χ0n) is 11.9. The Balaban J connectivity index is 2.25. The van der Waals surface area contributed by atoms with E-state index in [1.165, 1.54) is 5.56 Å². The Labute approximate surface area is 139 Å². The third-order valence-electron chi connectivity index (χ3n) is 3.35. The highest BCUT2D eigenvalue weighted by Gasteiger charge is 2.14. The minimum absolute atomic E-state index is 0.185. The number of anilines is 1. The maximum atomic E-state index is 6.08. The molecule has 0 radical (unpaired) electrons. The van der Waals surface area contributed by atoms with Gasteiger partial charge in [-0.3, -0.25) is 4.98 Å². The highest BCUT2D eigenvalue weighted by Crippen LogP contribution is 2.28. The summed E-state index contributed by atoms with van der Waals surface area (Å²) in [6.07, 6.45) is 5.43. The molecule has 0 aliphatic rings. The molecule has 2 rings (SSSR count). The topological polar surface area (TPSA) is 50.9 Å². The minimum Gasteiger partial charge on any atom is -0.398 e. The molecule has 0 saturated heterocycles. The van der Waals surface area contributed by atoms with Crippen molar-refractivity contribution in [2.24, 2.45) is 0 Å². The lowest BCUT2D eigenvalue weighted by Crippen LogP contribution is -2.24. The Morgan fingerprint density at radius 1 is 1.38 bits per heavy atom. The number of hydrogen-bond donors (Lipinski definition) is 2. The second kappa shape index (κ2) is 7.78. The number of halogens is 2. The van der Waals surface area contributed by atoms with E-state index in [1.54, 1.807) is 6.20 Å². The lowest BCUT2D eigenvalue weighted by atomic mass is 9.99. The van der Waals surface area contributed by atoms with Crippen molar-refractivity contribution in [1.82, 2.24) is 10.3 Å². The van der Waals surface area contributed by atoms with E-state index in [4.69, 9.17) is 17.3 Å². The van der Waals surface area contributed by atoms with Gasteiger partial charge in [-0.25, -0.2) is 0 Å². The van der Waals surface area contributed by atoms with Gasteiger partial charge in [-0.2, -0.15) is 0 Å². The summed E-state index contributed by atoms with van der Waals surface area (Å²) >= 11 is 9.56. The summed E-state index contributed by atoms with van der Waals surface area (Å²) in [7, 11) is 0. The van der Waals surface area contributed by atoms with E-state index in [0.717, 1.165) is 35.1 Å². The van der Waals surface area contributed by atoms with Crippen molar-refractivity contribution >= 4 is 33.2 Å². The molecule has 5 heteroatoms. The predicted molar refractivity (Wildman–Crippen MR) is 92.5 cm³/mol. The monoisotopic (exact) mass is 367 g/mol. The van der Waals surface area contributed by atoms with Gasteiger partial charge in [0, 0.05) is 28.6 Å². The fourth-order valence-electron chi connectivity index (χ4n) is 2.18. The Kier molecular flexibility index (Phi) is 6.03. The Hall–Kier alpha value is -1.10. The van der Waals surface area contributed by atoms with Crippen molar-refractivity contribution in [3.63, 3.8) is 0 Å². The van der Waals surface area contributed by atoms with Crippen molar-refractivity contribution < 1.29 is 0 Å². The molecule has 1 unspecified atom stereocenters. The third kappa shape index (κ3) is 4.43. The predicted octanol–water partition coefficient (Wildman–Crippen LogP) is 4.36. The number of nitrogens with one attached hydrogen (secondary N) is 1. The third-order valence-corrected chi connectivity index (χ3v) is 4.57. The Bertz CT molecular complexity index is 604. The summed E-state index contributed by atoms with van der Waals surface area (Å²) in [5.41, 5.74) is 9.05. The molecule has 112 valence electrons. The molecule has 3 N–H and O–H groups in total. The standard InChI is InChI=1S/C16H19BrClN3/c1-2-6-21-16(9-12-10-20-7-5-15(12)19)11-3-4-14(18)13(17)8-11/h3-5,7-8,10,16,21H,2,6,9H2,1H3,(H2,19,20). The van der Waals surface area contributed by atoms with E-state index in [2.05, 4.69) is 39.2 Å². The highest BCUT2D eigenvalue weighted by atomic mass is 79.9. The number of rotatable bonds is 6. The van der Waals surface area contributed by atoms with Gasteiger partial charge in [0.15, 0.2) is 0 Å². The molecule has 1 atom stereocenters. The summed E-state index contributed by atoms with van der Waals surface area (Å²) in [5.74, 6) is 0. The first-order valence-electron chi connectivity index (χ1n) is 6.98. The first-order valence-corrected chi connectivity index (χ1v) is 8.15. The minimum atomic E-state index is 0.185.